The van der Waals surface area contributed by atoms with Gasteiger partial charge in [0.25, 0.3) is 0 Å². The van der Waals surface area contributed by atoms with E-state index < -0.39 is 11.0 Å². The summed E-state index contributed by atoms with van der Waals surface area (Å²) in [4.78, 5) is 0. The minimum absolute atomic E-state index is 0.195. The Morgan fingerprint density at radius 2 is 1.65 bits per heavy atom. The second kappa shape index (κ2) is 11.5. The first-order valence-electron chi connectivity index (χ1n) is 8.20. The first kappa shape index (κ1) is 19.9. The van der Waals surface area contributed by atoms with Gasteiger partial charge in [0.2, 0.25) is 0 Å². The molecule has 0 aromatic carbocycles. The van der Waals surface area contributed by atoms with Crippen molar-refractivity contribution in [2.45, 2.75) is 96.3 Å². The highest BCUT2D eigenvalue weighted by Crippen LogP contribution is 2.14. The maximum absolute atomic E-state index is 12.1. The third-order valence-corrected chi connectivity index (χ3v) is 5.10. The third kappa shape index (κ3) is 10.6. The van der Waals surface area contributed by atoms with E-state index in [0.29, 0.717) is 6.04 Å². The zero-order chi connectivity index (χ0) is 15.4. The van der Waals surface area contributed by atoms with Crippen LogP contribution in [0.3, 0.4) is 0 Å². The van der Waals surface area contributed by atoms with Crippen molar-refractivity contribution in [3.63, 3.8) is 0 Å². The summed E-state index contributed by atoms with van der Waals surface area (Å²) < 4.78 is 15.2. The Morgan fingerprint density at radius 3 is 2.15 bits per heavy atom. The number of hydrogen-bond donors (Lipinski definition) is 1. The molecule has 0 saturated heterocycles. The summed E-state index contributed by atoms with van der Waals surface area (Å²) in [6, 6.07) is 0.309. The van der Waals surface area contributed by atoms with Crippen LogP contribution in [0.5, 0.6) is 0 Å². The van der Waals surface area contributed by atoms with Crippen molar-refractivity contribution < 1.29 is 4.21 Å². The van der Waals surface area contributed by atoms with E-state index in [4.69, 9.17) is 0 Å². The van der Waals surface area contributed by atoms with Gasteiger partial charge in [-0.3, -0.25) is 0 Å². The summed E-state index contributed by atoms with van der Waals surface area (Å²) >= 11 is 0. The molecule has 20 heavy (non-hydrogen) atoms. The lowest BCUT2D eigenvalue weighted by molar-refractivity contribution is 0.505. The molecule has 0 unspecified atom stereocenters. The van der Waals surface area contributed by atoms with Gasteiger partial charge in [-0.05, 0) is 33.6 Å². The Morgan fingerprint density at radius 1 is 1.10 bits per heavy atom. The van der Waals surface area contributed by atoms with E-state index in [0.717, 1.165) is 12.8 Å². The van der Waals surface area contributed by atoms with Crippen molar-refractivity contribution >= 4 is 11.0 Å². The van der Waals surface area contributed by atoms with E-state index in [1.807, 2.05) is 26.8 Å². The van der Waals surface area contributed by atoms with Crippen LogP contribution in [-0.4, -0.2) is 15.0 Å². The Labute approximate surface area is 129 Å². The van der Waals surface area contributed by atoms with E-state index in [1.54, 1.807) is 0 Å². The minimum Gasteiger partial charge on any atom is -0.242 e. The van der Waals surface area contributed by atoms with Crippen molar-refractivity contribution in [1.82, 2.24) is 4.72 Å². The summed E-state index contributed by atoms with van der Waals surface area (Å²) in [5.41, 5.74) is 0. The molecular formula is C17H35NOS. The average molecular weight is 302 g/mol. The normalized spacial score (nSPS) is 15.0. The highest BCUT2D eigenvalue weighted by Gasteiger charge is 2.21. The van der Waals surface area contributed by atoms with Crippen LogP contribution in [-0.2, 0) is 11.0 Å². The van der Waals surface area contributed by atoms with Gasteiger partial charge < -0.3 is 0 Å². The molecule has 120 valence electrons. The molecular weight excluding hydrogens is 266 g/mol. The molecule has 0 aromatic heterocycles. The molecule has 0 aliphatic heterocycles. The predicted molar refractivity (Wildman–Crippen MR) is 92.2 cm³/mol. The summed E-state index contributed by atoms with van der Waals surface area (Å²) in [5.74, 6) is 0. The fourth-order valence-corrected chi connectivity index (χ4v) is 2.97. The lowest BCUT2D eigenvalue weighted by Crippen LogP contribution is -2.39. The molecule has 0 amide bonds. The van der Waals surface area contributed by atoms with Crippen molar-refractivity contribution in [1.29, 1.82) is 0 Å². The molecule has 0 radical (unpaired) electrons. The number of nitrogens with one attached hydrogen (secondary N) is 1. The lowest BCUT2D eigenvalue weighted by atomic mass is 10.0. The molecule has 0 bridgehead atoms. The highest BCUT2D eigenvalue weighted by molar-refractivity contribution is 7.84. The highest BCUT2D eigenvalue weighted by atomic mass is 32.2. The van der Waals surface area contributed by atoms with Crippen LogP contribution in [0.4, 0.5) is 0 Å². The summed E-state index contributed by atoms with van der Waals surface area (Å²) in [6.07, 6.45) is 13.2. The quantitative estimate of drug-likeness (QED) is 0.393. The van der Waals surface area contributed by atoms with Gasteiger partial charge in [0, 0.05) is 6.04 Å². The molecule has 0 rings (SSSR count). The van der Waals surface area contributed by atoms with Gasteiger partial charge >= 0.3 is 0 Å². The van der Waals surface area contributed by atoms with Crippen LogP contribution < -0.4 is 4.72 Å². The molecule has 0 aliphatic rings. The van der Waals surface area contributed by atoms with Crippen LogP contribution in [0.1, 0.15) is 85.5 Å². The average Bonchev–Trinajstić information content (AvgIpc) is 2.36. The SMILES string of the molecule is C=CC[C@@H](CCCCCCCCC)N[S@](=O)C(C)(C)C. The van der Waals surface area contributed by atoms with Crippen LogP contribution >= 0.6 is 0 Å². The minimum atomic E-state index is -0.978. The summed E-state index contributed by atoms with van der Waals surface area (Å²) in [5, 5.41) is 0. The summed E-state index contributed by atoms with van der Waals surface area (Å²) in [7, 11) is -0.978. The molecule has 0 fully saturated rings. The van der Waals surface area contributed by atoms with Gasteiger partial charge in [-0.25, -0.2) is 8.93 Å². The van der Waals surface area contributed by atoms with Crippen LogP contribution in [0.15, 0.2) is 12.7 Å². The molecule has 2 nitrogen and oxygen atoms in total. The Bertz CT molecular complexity index is 271. The van der Waals surface area contributed by atoms with E-state index >= 15 is 0 Å². The van der Waals surface area contributed by atoms with E-state index in [-0.39, 0.29) is 4.75 Å². The third-order valence-electron chi connectivity index (χ3n) is 3.44. The van der Waals surface area contributed by atoms with Crippen molar-refractivity contribution in [2.24, 2.45) is 0 Å². The lowest BCUT2D eigenvalue weighted by Gasteiger charge is -2.23. The molecule has 0 spiro atoms. The second-order valence-electron chi connectivity index (χ2n) is 6.63. The fourth-order valence-electron chi connectivity index (χ4n) is 2.10. The Hall–Kier alpha value is -0.150. The largest absolute Gasteiger partial charge is 0.242 e. The van der Waals surface area contributed by atoms with Crippen molar-refractivity contribution in [2.75, 3.05) is 0 Å². The standard InChI is InChI=1S/C17H35NOS/c1-6-8-9-10-11-12-13-15-16(14-7-2)18-20(19)17(3,4)5/h7,16,18H,2,6,8-15H2,1,3-5H3/t16-,20+/m0/s1. The Balaban J connectivity index is 3.86. The molecule has 0 aliphatic carbocycles. The van der Waals surface area contributed by atoms with Crippen LogP contribution in [0.2, 0.25) is 0 Å². The van der Waals surface area contributed by atoms with Gasteiger partial charge in [-0.1, -0.05) is 57.9 Å². The van der Waals surface area contributed by atoms with E-state index in [1.165, 1.54) is 44.9 Å². The number of hydrogen-bond acceptors (Lipinski definition) is 1. The molecule has 0 aromatic rings. The predicted octanol–water partition coefficient (Wildman–Crippen LogP) is 5.12. The summed E-state index contributed by atoms with van der Waals surface area (Å²) in [6.45, 7) is 12.1. The van der Waals surface area contributed by atoms with Crippen molar-refractivity contribution in [3.8, 4) is 0 Å². The fraction of sp³-hybridized carbons (Fsp3) is 0.882. The van der Waals surface area contributed by atoms with Gasteiger partial charge in [-0.2, -0.15) is 0 Å². The first-order valence-corrected chi connectivity index (χ1v) is 9.35. The maximum atomic E-state index is 12.1. The van der Waals surface area contributed by atoms with E-state index in [2.05, 4.69) is 18.2 Å². The number of rotatable bonds is 12. The van der Waals surface area contributed by atoms with E-state index in [9.17, 15) is 4.21 Å². The van der Waals surface area contributed by atoms with Crippen LogP contribution in [0, 0.1) is 0 Å². The smallest absolute Gasteiger partial charge is 0.0972 e. The van der Waals surface area contributed by atoms with Crippen LogP contribution in [0.25, 0.3) is 0 Å². The zero-order valence-electron chi connectivity index (χ0n) is 14.0. The van der Waals surface area contributed by atoms with Crippen molar-refractivity contribution in [3.05, 3.63) is 12.7 Å². The first-order chi connectivity index (χ1) is 9.41. The maximum Gasteiger partial charge on any atom is 0.0972 e. The Kier molecular flexibility index (Phi) is 11.4. The molecule has 3 heteroatoms. The monoisotopic (exact) mass is 301 g/mol. The molecule has 0 saturated carbocycles. The molecule has 0 heterocycles. The van der Waals surface area contributed by atoms with Gasteiger partial charge in [0.15, 0.2) is 0 Å². The van der Waals surface area contributed by atoms with Gasteiger partial charge in [0.05, 0.1) is 15.7 Å². The number of unbranched alkanes of at least 4 members (excludes halogenated alkanes) is 6. The van der Waals surface area contributed by atoms with Gasteiger partial charge in [0.1, 0.15) is 0 Å². The topological polar surface area (TPSA) is 29.1 Å². The van der Waals surface area contributed by atoms with Gasteiger partial charge in [-0.15, -0.1) is 6.58 Å². The molecule has 2 atom stereocenters. The second-order valence-corrected chi connectivity index (χ2v) is 8.63. The molecule has 1 N–H and O–H groups in total. The zero-order valence-corrected chi connectivity index (χ0v) is 14.9.